The molecule has 0 bridgehead atoms. The molecule has 27 heavy (non-hydrogen) atoms. The molecular weight excluding hydrogens is 344 g/mol. The Morgan fingerprint density at radius 1 is 1.15 bits per heavy atom. The highest BCUT2D eigenvalue weighted by atomic mass is 16.6. The summed E-state index contributed by atoms with van der Waals surface area (Å²) in [7, 11) is 1.66. The third kappa shape index (κ3) is 4.04. The molecule has 6 heteroatoms. The van der Waals surface area contributed by atoms with E-state index < -0.39 is 17.7 Å². The zero-order chi connectivity index (χ0) is 19.8. The quantitative estimate of drug-likeness (QED) is 0.794. The van der Waals surface area contributed by atoms with Crippen molar-refractivity contribution in [2.45, 2.75) is 64.6 Å². The average molecular weight is 374 g/mol. The lowest BCUT2D eigenvalue weighted by molar-refractivity contribution is -0.138. The fraction of sp³-hybridized carbons (Fsp3) is 0.619. The summed E-state index contributed by atoms with van der Waals surface area (Å²) in [6, 6.07) is 5.58. The van der Waals surface area contributed by atoms with E-state index >= 15 is 0 Å². The van der Waals surface area contributed by atoms with Crippen LogP contribution in [-0.2, 0) is 16.0 Å². The van der Waals surface area contributed by atoms with Crippen molar-refractivity contribution in [2.24, 2.45) is 0 Å². The first-order chi connectivity index (χ1) is 12.7. The molecule has 2 aliphatic rings. The molecule has 2 aliphatic heterocycles. The van der Waals surface area contributed by atoms with Gasteiger partial charge in [0.1, 0.15) is 17.4 Å². The monoisotopic (exact) mass is 374 g/mol. The average Bonchev–Trinajstić information content (AvgIpc) is 3.09. The number of ether oxygens (including phenoxy) is 2. The summed E-state index contributed by atoms with van der Waals surface area (Å²) in [5.74, 6) is 0.861. The number of methoxy groups -OCH3 is 1. The number of rotatable bonds is 2. The molecule has 2 atom stereocenters. The van der Waals surface area contributed by atoms with Gasteiger partial charge in [-0.2, -0.15) is 0 Å². The summed E-state index contributed by atoms with van der Waals surface area (Å²) in [4.78, 5) is 29.3. The smallest absolute Gasteiger partial charge is 0.410 e. The second-order valence-corrected chi connectivity index (χ2v) is 8.35. The minimum Gasteiger partial charge on any atom is -0.497 e. The largest absolute Gasteiger partial charge is 0.497 e. The third-order valence-electron chi connectivity index (χ3n) is 5.34. The molecule has 1 saturated heterocycles. The standard InChI is InChI=1S/C21H30N2O4/c1-14-17-9-8-16(26-5)13-15(17)10-12-22(14)19(24)18-7-6-11-23(18)20(25)27-21(2,3)4/h8-9,13-14,18H,6-7,10-12H2,1-5H3. The Bertz CT molecular complexity index is 725. The molecule has 0 saturated carbocycles. The van der Waals surface area contributed by atoms with Crippen LogP contribution in [0.2, 0.25) is 0 Å². The maximum atomic E-state index is 13.3. The van der Waals surface area contributed by atoms with E-state index in [0.29, 0.717) is 19.5 Å². The first-order valence-corrected chi connectivity index (χ1v) is 9.68. The number of hydrogen-bond donors (Lipinski definition) is 0. The van der Waals surface area contributed by atoms with E-state index in [1.54, 1.807) is 12.0 Å². The molecule has 0 spiro atoms. The van der Waals surface area contributed by atoms with Gasteiger partial charge in [-0.1, -0.05) is 6.07 Å². The Balaban J connectivity index is 1.76. The topological polar surface area (TPSA) is 59.1 Å². The maximum absolute atomic E-state index is 13.3. The molecule has 148 valence electrons. The second kappa shape index (κ2) is 7.41. The minimum atomic E-state index is -0.566. The van der Waals surface area contributed by atoms with Gasteiger partial charge < -0.3 is 14.4 Å². The maximum Gasteiger partial charge on any atom is 0.410 e. The predicted octanol–water partition coefficient (Wildman–Crippen LogP) is 3.54. The van der Waals surface area contributed by atoms with E-state index in [2.05, 4.69) is 13.0 Å². The number of nitrogens with zero attached hydrogens (tertiary/aromatic N) is 2. The molecule has 0 N–H and O–H groups in total. The van der Waals surface area contributed by atoms with Crippen molar-refractivity contribution < 1.29 is 19.1 Å². The Morgan fingerprint density at radius 3 is 2.56 bits per heavy atom. The minimum absolute atomic E-state index is 0.0201. The van der Waals surface area contributed by atoms with Gasteiger partial charge in [0.2, 0.25) is 5.91 Å². The first-order valence-electron chi connectivity index (χ1n) is 9.68. The molecule has 1 fully saturated rings. The van der Waals surface area contributed by atoms with Gasteiger partial charge in [0.25, 0.3) is 0 Å². The molecule has 3 rings (SSSR count). The lowest BCUT2D eigenvalue weighted by Crippen LogP contribution is -2.51. The van der Waals surface area contributed by atoms with E-state index in [1.165, 1.54) is 5.56 Å². The van der Waals surface area contributed by atoms with Crippen LogP contribution in [0.5, 0.6) is 5.75 Å². The molecule has 0 aromatic heterocycles. The number of fused-ring (bicyclic) bond motifs is 1. The molecule has 2 amide bonds. The fourth-order valence-corrected chi connectivity index (χ4v) is 3.99. The van der Waals surface area contributed by atoms with Gasteiger partial charge in [0.05, 0.1) is 13.2 Å². The summed E-state index contributed by atoms with van der Waals surface area (Å²) >= 11 is 0. The number of amides is 2. The van der Waals surface area contributed by atoms with E-state index in [1.807, 2.05) is 37.8 Å². The zero-order valence-corrected chi connectivity index (χ0v) is 16.9. The third-order valence-corrected chi connectivity index (χ3v) is 5.34. The molecule has 1 aromatic carbocycles. The summed E-state index contributed by atoms with van der Waals surface area (Å²) in [5, 5.41) is 0. The van der Waals surface area contributed by atoms with Crippen molar-refractivity contribution in [2.75, 3.05) is 20.2 Å². The van der Waals surface area contributed by atoms with Crippen molar-refractivity contribution in [3.05, 3.63) is 29.3 Å². The van der Waals surface area contributed by atoms with Crippen molar-refractivity contribution >= 4 is 12.0 Å². The van der Waals surface area contributed by atoms with Gasteiger partial charge >= 0.3 is 6.09 Å². The Hall–Kier alpha value is -2.24. The van der Waals surface area contributed by atoms with Gasteiger partial charge in [0.15, 0.2) is 0 Å². The van der Waals surface area contributed by atoms with Crippen molar-refractivity contribution in [1.29, 1.82) is 0 Å². The molecule has 0 aliphatic carbocycles. The van der Waals surface area contributed by atoms with E-state index in [9.17, 15) is 9.59 Å². The van der Waals surface area contributed by atoms with Crippen LogP contribution in [-0.4, -0.2) is 53.6 Å². The van der Waals surface area contributed by atoms with Gasteiger partial charge in [-0.3, -0.25) is 9.69 Å². The highest BCUT2D eigenvalue weighted by molar-refractivity contribution is 5.87. The first kappa shape index (κ1) is 19.5. The van der Waals surface area contributed by atoms with Gasteiger partial charge in [-0.15, -0.1) is 0 Å². The molecule has 1 aromatic rings. The Morgan fingerprint density at radius 2 is 1.89 bits per heavy atom. The van der Waals surface area contributed by atoms with Crippen LogP contribution in [0.15, 0.2) is 18.2 Å². The van der Waals surface area contributed by atoms with Crippen LogP contribution in [0.3, 0.4) is 0 Å². The van der Waals surface area contributed by atoms with Crippen molar-refractivity contribution in [3.8, 4) is 5.75 Å². The fourth-order valence-electron chi connectivity index (χ4n) is 3.99. The predicted molar refractivity (Wildman–Crippen MR) is 103 cm³/mol. The number of carbonyl (C=O) groups excluding carboxylic acids is 2. The van der Waals surface area contributed by atoms with Crippen molar-refractivity contribution in [1.82, 2.24) is 9.80 Å². The van der Waals surface area contributed by atoms with Crippen LogP contribution >= 0.6 is 0 Å². The molecule has 0 radical (unpaired) electrons. The van der Waals surface area contributed by atoms with Crippen LogP contribution in [0.1, 0.15) is 57.7 Å². The lowest BCUT2D eigenvalue weighted by atomic mass is 9.92. The number of hydrogen-bond acceptors (Lipinski definition) is 4. The summed E-state index contributed by atoms with van der Waals surface area (Å²) in [6.45, 7) is 8.80. The number of likely N-dealkylation sites (tertiary alicyclic amines) is 1. The van der Waals surface area contributed by atoms with Crippen LogP contribution in [0, 0.1) is 0 Å². The summed E-state index contributed by atoms with van der Waals surface area (Å²) in [6.07, 6.45) is 1.91. The van der Waals surface area contributed by atoms with Crippen LogP contribution in [0.4, 0.5) is 4.79 Å². The highest BCUT2D eigenvalue weighted by Gasteiger charge is 2.40. The van der Waals surface area contributed by atoms with Crippen LogP contribution in [0.25, 0.3) is 0 Å². The molecule has 6 nitrogen and oxygen atoms in total. The summed E-state index contributed by atoms with van der Waals surface area (Å²) in [5.41, 5.74) is 1.81. The normalized spacial score (nSPS) is 22.4. The number of benzene rings is 1. The Labute approximate surface area is 161 Å². The van der Waals surface area contributed by atoms with Gasteiger partial charge in [0, 0.05) is 13.1 Å². The SMILES string of the molecule is COc1ccc2c(c1)CCN(C(=O)C1CCCN1C(=O)OC(C)(C)C)C2C. The van der Waals surface area contributed by atoms with E-state index in [4.69, 9.17) is 9.47 Å². The van der Waals surface area contributed by atoms with Gasteiger partial charge in [-0.25, -0.2) is 4.79 Å². The summed E-state index contributed by atoms with van der Waals surface area (Å²) < 4.78 is 10.8. The number of carbonyl (C=O) groups is 2. The van der Waals surface area contributed by atoms with E-state index in [0.717, 1.165) is 24.2 Å². The van der Waals surface area contributed by atoms with E-state index in [-0.39, 0.29) is 11.9 Å². The second-order valence-electron chi connectivity index (χ2n) is 8.35. The van der Waals surface area contributed by atoms with Crippen LogP contribution < -0.4 is 4.74 Å². The van der Waals surface area contributed by atoms with Crippen molar-refractivity contribution in [3.63, 3.8) is 0 Å². The molecular formula is C21H30N2O4. The Kier molecular flexibility index (Phi) is 5.36. The molecule has 2 heterocycles. The lowest BCUT2D eigenvalue weighted by Gasteiger charge is -2.38. The highest BCUT2D eigenvalue weighted by Crippen LogP contribution is 2.34. The van der Waals surface area contributed by atoms with Gasteiger partial charge in [-0.05, 0) is 70.2 Å². The zero-order valence-electron chi connectivity index (χ0n) is 16.9. The molecule has 2 unspecified atom stereocenters.